The molecular weight excluding hydrogens is 320 g/mol. The van der Waals surface area contributed by atoms with Crippen molar-refractivity contribution in [2.45, 2.75) is 20.0 Å². The second-order valence-corrected chi connectivity index (χ2v) is 7.31. The Bertz CT molecular complexity index is 651. The maximum absolute atomic E-state index is 12.0. The average Bonchev–Trinajstić information content (AvgIpc) is 3.08. The molecule has 0 saturated carbocycles. The van der Waals surface area contributed by atoms with E-state index in [1.54, 1.807) is 11.3 Å². The molecule has 6 heteroatoms. The molecule has 0 bridgehead atoms. The second kappa shape index (κ2) is 8.37. The van der Waals surface area contributed by atoms with Gasteiger partial charge in [-0.15, -0.1) is 11.3 Å². The molecule has 128 valence electrons. The van der Waals surface area contributed by atoms with Gasteiger partial charge in [-0.2, -0.15) is 0 Å². The molecule has 2 aromatic rings. The summed E-state index contributed by atoms with van der Waals surface area (Å²) < 4.78 is 0. The van der Waals surface area contributed by atoms with Crippen LogP contribution in [-0.4, -0.2) is 53.4 Å². The van der Waals surface area contributed by atoms with Crippen LogP contribution in [0.1, 0.15) is 16.0 Å². The van der Waals surface area contributed by atoms with Gasteiger partial charge in [0.2, 0.25) is 5.91 Å². The van der Waals surface area contributed by atoms with Gasteiger partial charge < -0.3 is 5.32 Å². The topological polar surface area (TPSA) is 48.5 Å². The van der Waals surface area contributed by atoms with Gasteiger partial charge in [0.1, 0.15) is 0 Å². The molecule has 0 atom stereocenters. The highest BCUT2D eigenvalue weighted by Gasteiger charge is 2.19. The first-order chi connectivity index (χ1) is 11.7. The van der Waals surface area contributed by atoms with Crippen LogP contribution in [0.4, 0.5) is 0 Å². The lowest BCUT2D eigenvalue weighted by Gasteiger charge is -2.34. The van der Waals surface area contributed by atoms with E-state index in [1.807, 2.05) is 29.9 Å². The fourth-order valence-electron chi connectivity index (χ4n) is 2.93. The molecule has 1 N–H and O–H groups in total. The SMILES string of the molecule is Cc1cncc(CN2CCN(CC(=O)NCc3cccs3)CC2)c1. The van der Waals surface area contributed by atoms with E-state index in [2.05, 4.69) is 33.1 Å². The number of rotatable bonds is 6. The smallest absolute Gasteiger partial charge is 0.234 e. The zero-order chi connectivity index (χ0) is 16.8. The number of hydrogen-bond acceptors (Lipinski definition) is 5. The summed E-state index contributed by atoms with van der Waals surface area (Å²) in [5.41, 5.74) is 2.46. The molecule has 1 saturated heterocycles. The van der Waals surface area contributed by atoms with E-state index in [-0.39, 0.29) is 5.91 Å². The van der Waals surface area contributed by atoms with Crippen LogP contribution in [0.25, 0.3) is 0 Å². The third-order valence-corrected chi connectivity index (χ3v) is 5.09. The summed E-state index contributed by atoms with van der Waals surface area (Å²) in [6, 6.07) is 6.25. The van der Waals surface area contributed by atoms with Gasteiger partial charge in [-0.25, -0.2) is 0 Å². The van der Waals surface area contributed by atoms with Crippen molar-refractivity contribution in [2.75, 3.05) is 32.7 Å². The van der Waals surface area contributed by atoms with Crippen molar-refractivity contribution in [1.29, 1.82) is 0 Å². The second-order valence-electron chi connectivity index (χ2n) is 6.28. The van der Waals surface area contributed by atoms with Gasteiger partial charge in [0.15, 0.2) is 0 Å². The molecule has 3 rings (SSSR count). The van der Waals surface area contributed by atoms with Crippen molar-refractivity contribution in [2.24, 2.45) is 0 Å². The van der Waals surface area contributed by atoms with Crippen molar-refractivity contribution in [3.05, 3.63) is 52.0 Å². The maximum atomic E-state index is 12.0. The Hall–Kier alpha value is -1.76. The number of piperazine rings is 1. The quantitative estimate of drug-likeness (QED) is 0.869. The third kappa shape index (κ3) is 5.12. The number of thiophene rings is 1. The Morgan fingerprint density at radius 1 is 1.25 bits per heavy atom. The first kappa shape index (κ1) is 17.1. The summed E-state index contributed by atoms with van der Waals surface area (Å²) >= 11 is 1.67. The predicted molar refractivity (Wildman–Crippen MR) is 96.9 cm³/mol. The molecule has 0 radical (unpaired) electrons. The number of nitrogens with zero attached hydrogens (tertiary/aromatic N) is 3. The van der Waals surface area contributed by atoms with Crippen molar-refractivity contribution >= 4 is 17.2 Å². The van der Waals surface area contributed by atoms with Crippen LogP contribution < -0.4 is 5.32 Å². The Kier molecular flexibility index (Phi) is 5.96. The summed E-state index contributed by atoms with van der Waals surface area (Å²) in [4.78, 5) is 22.2. The van der Waals surface area contributed by atoms with Crippen LogP contribution in [0, 0.1) is 6.92 Å². The number of carbonyl (C=O) groups excluding carboxylic acids is 1. The standard InChI is InChI=1S/C18H24N4OS/c1-15-9-16(11-19-10-15)13-21-4-6-22(7-5-21)14-18(23)20-12-17-3-2-8-24-17/h2-3,8-11H,4-7,12-14H2,1H3,(H,20,23). The molecule has 3 heterocycles. The Balaban J connectivity index is 1.38. The fourth-order valence-corrected chi connectivity index (χ4v) is 3.57. The van der Waals surface area contributed by atoms with E-state index in [0.717, 1.165) is 32.7 Å². The summed E-state index contributed by atoms with van der Waals surface area (Å²) in [5.74, 6) is 0.111. The highest BCUT2D eigenvalue weighted by Crippen LogP contribution is 2.10. The largest absolute Gasteiger partial charge is 0.350 e. The van der Waals surface area contributed by atoms with Gasteiger partial charge in [-0.3, -0.25) is 19.6 Å². The first-order valence-corrected chi connectivity index (χ1v) is 9.21. The first-order valence-electron chi connectivity index (χ1n) is 8.33. The predicted octanol–water partition coefficient (Wildman–Crippen LogP) is 1.89. The summed E-state index contributed by atoms with van der Waals surface area (Å²) in [7, 11) is 0. The van der Waals surface area contributed by atoms with Gasteiger partial charge in [0.05, 0.1) is 13.1 Å². The van der Waals surface area contributed by atoms with E-state index in [9.17, 15) is 4.79 Å². The average molecular weight is 344 g/mol. The number of hydrogen-bond donors (Lipinski definition) is 1. The Labute approximate surface area is 147 Å². The molecule has 1 aliphatic rings. The number of nitrogens with one attached hydrogen (secondary N) is 1. The number of carbonyl (C=O) groups is 1. The highest BCUT2D eigenvalue weighted by atomic mass is 32.1. The van der Waals surface area contributed by atoms with Gasteiger partial charge in [-0.05, 0) is 29.5 Å². The molecule has 0 unspecified atom stereocenters. The molecule has 24 heavy (non-hydrogen) atoms. The molecular formula is C18H24N4OS. The van der Waals surface area contributed by atoms with Gasteiger partial charge in [-0.1, -0.05) is 12.1 Å². The monoisotopic (exact) mass is 344 g/mol. The van der Waals surface area contributed by atoms with Crippen LogP contribution >= 0.6 is 11.3 Å². The van der Waals surface area contributed by atoms with E-state index >= 15 is 0 Å². The normalized spacial score (nSPS) is 16.2. The van der Waals surface area contributed by atoms with Crippen molar-refractivity contribution in [3.8, 4) is 0 Å². The minimum atomic E-state index is 0.111. The summed E-state index contributed by atoms with van der Waals surface area (Å²) in [5, 5.41) is 5.03. The zero-order valence-electron chi connectivity index (χ0n) is 14.1. The van der Waals surface area contributed by atoms with Crippen LogP contribution in [0.3, 0.4) is 0 Å². The highest BCUT2D eigenvalue weighted by molar-refractivity contribution is 7.09. The number of amides is 1. The van der Waals surface area contributed by atoms with Gasteiger partial charge in [0.25, 0.3) is 0 Å². The van der Waals surface area contributed by atoms with E-state index in [1.165, 1.54) is 16.0 Å². The molecule has 1 aliphatic heterocycles. The molecule has 5 nitrogen and oxygen atoms in total. The van der Waals surface area contributed by atoms with E-state index in [4.69, 9.17) is 0 Å². The van der Waals surface area contributed by atoms with Gasteiger partial charge in [0, 0.05) is 50.0 Å². The lowest BCUT2D eigenvalue weighted by molar-refractivity contribution is -0.122. The third-order valence-electron chi connectivity index (χ3n) is 4.21. The summed E-state index contributed by atoms with van der Waals surface area (Å²) in [6.07, 6.45) is 3.83. The van der Waals surface area contributed by atoms with E-state index in [0.29, 0.717) is 13.1 Å². The maximum Gasteiger partial charge on any atom is 0.234 e. The number of pyridine rings is 1. The number of aryl methyl sites for hydroxylation is 1. The zero-order valence-corrected chi connectivity index (χ0v) is 14.9. The summed E-state index contributed by atoms with van der Waals surface area (Å²) in [6.45, 7) is 7.99. The molecule has 1 amide bonds. The van der Waals surface area contributed by atoms with E-state index < -0.39 is 0 Å². The molecule has 0 aliphatic carbocycles. The molecule has 0 spiro atoms. The minimum absolute atomic E-state index is 0.111. The Morgan fingerprint density at radius 3 is 2.75 bits per heavy atom. The molecule has 0 aromatic carbocycles. The van der Waals surface area contributed by atoms with Gasteiger partial charge >= 0.3 is 0 Å². The molecule has 2 aromatic heterocycles. The van der Waals surface area contributed by atoms with Crippen LogP contribution in [-0.2, 0) is 17.9 Å². The minimum Gasteiger partial charge on any atom is -0.350 e. The fraction of sp³-hybridized carbons (Fsp3) is 0.444. The van der Waals surface area contributed by atoms with Crippen molar-refractivity contribution in [3.63, 3.8) is 0 Å². The van der Waals surface area contributed by atoms with Crippen molar-refractivity contribution < 1.29 is 4.79 Å². The lowest BCUT2D eigenvalue weighted by Crippen LogP contribution is -2.49. The lowest BCUT2D eigenvalue weighted by atomic mass is 10.2. The number of aromatic nitrogens is 1. The molecule has 1 fully saturated rings. The Morgan fingerprint density at radius 2 is 2.04 bits per heavy atom. The van der Waals surface area contributed by atoms with Crippen LogP contribution in [0.15, 0.2) is 36.0 Å². The van der Waals surface area contributed by atoms with Crippen LogP contribution in [0.5, 0.6) is 0 Å². The van der Waals surface area contributed by atoms with Crippen molar-refractivity contribution in [1.82, 2.24) is 20.1 Å². The van der Waals surface area contributed by atoms with Crippen LogP contribution in [0.2, 0.25) is 0 Å².